The van der Waals surface area contributed by atoms with Crippen LogP contribution in [0.4, 0.5) is 0 Å². The lowest BCUT2D eigenvalue weighted by Gasteiger charge is -2.20. The Bertz CT molecular complexity index is 561. The number of thiocarbonyl (C=S) groups is 1. The van der Waals surface area contributed by atoms with Crippen LogP contribution in [0.25, 0.3) is 0 Å². The quantitative estimate of drug-likeness (QED) is 0.721. The number of thiophene rings is 1. The molecule has 2 aromatic rings. The van der Waals surface area contributed by atoms with Crippen molar-refractivity contribution in [1.82, 2.24) is 10.6 Å². The lowest BCUT2D eigenvalue weighted by Crippen LogP contribution is -2.38. The zero-order valence-electron chi connectivity index (χ0n) is 13.3. The topological polar surface area (TPSA) is 24.1 Å². The fourth-order valence-electron chi connectivity index (χ4n) is 2.36. The van der Waals surface area contributed by atoms with Crippen LogP contribution in [-0.4, -0.2) is 11.7 Å². The van der Waals surface area contributed by atoms with Gasteiger partial charge in [-0.3, -0.25) is 0 Å². The average Bonchev–Trinajstić information content (AvgIpc) is 3.06. The van der Waals surface area contributed by atoms with Gasteiger partial charge in [0.15, 0.2) is 5.11 Å². The van der Waals surface area contributed by atoms with Gasteiger partial charge < -0.3 is 10.6 Å². The van der Waals surface area contributed by atoms with Crippen LogP contribution in [-0.2, 0) is 6.42 Å². The Morgan fingerprint density at radius 1 is 1.14 bits per heavy atom. The molecule has 22 heavy (non-hydrogen) atoms. The molecule has 1 atom stereocenters. The Morgan fingerprint density at radius 3 is 2.50 bits per heavy atom. The van der Waals surface area contributed by atoms with E-state index in [4.69, 9.17) is 12.2 Å². The summed E-state index contributed by atoms with van der Waals surface area (Å²) in [6.07, 6.45) is 3.38. The summed E-state index contributed by atoms with van der Waals surface area (Å²) in [4.78, 5) is 1.28. The smallest absolute Gasteiger partial charge is 0.167 e. The molecule has 0 saturated carbocycles. The third-order valence-corrected chi connectivity index (χ3v) is 4.69. The SMILES string of the molecule is CCCNC(=S)N[C@@H](c1ccc(CCC)cc1)c1cccs1. The first-order chi connectivity index (χ1) is 10.7. The number of aryl methyl sites for hydroxylation is 1. The summed E-state index contributed by atoms with van der Waals surface area (Å²) >= 11 is 7.18. The van der Waals surface area contributed by atoms with Crippen LogP contribution in [0.1, 0.15) is 48.7 Å². The van der Waals surface area contributed by atoms with Gasteiger partial charge in [-0.15, -0.1) is 11.3 Å². The molecule has 1 aromatic heterocycles. The van der Waals surface area contributed by atoms with Gasteiger partial charge in [0.05, 0.1) is 6.04 Å². The van der Waals surface area contributed by atoms with E-state index in [0.29, 0.717) is 0 Å². The summed E-state index contributed by atoms with van der Waals surface area (Å²) in [5, 5.41) is 9.53. The third-order valence-electron chi connectivity index (χ3n) is 3.49. The molecule has 0 saturated heterocycles. The normalized spacial score (nSPS) is 11.9. The number of hydrogen-bond acceptors (Lipinski definition) is 2. The molecule has 2 N–H and O–H groups in total. The van der Waals surface area contributed by atoms with Gasteiger partial charge in [-0.05, 0) is 47.6 Å². The largest absolute Gasteiger partial charge is 0.363 e. The van der Waals surface area contributed by atoms with Gasteiger partial charge in [0, 0.05) is 11.4 Å². The molecule has 0 amide bonds. The van der Waals surface area contributed by atoms with Crippen LogP contribution < -0.4 is 10.6 Å². The zero-order chi connectivity index (χ0) is 15.8. The third kappa shape index (κ3) is 4.82. The van der Waals surface area contributed by atoms with E-state index in [1.54, 1.807) is 11.3 Å². The first-order valence-electron chi connectivity index (χ1n) is 7.91. The van der Waals surface area contributed by atoms with E-state index in [9.17, 15) is 0 Å². The van der Waals surface area contributed by atoms with Crippen LogP contribution in [0.5, 0.6) is 0 Å². The molecular formula is C18H24N2S2. The van der Waals surface area contributed by atoms with Crippen molar-refractivity contribution in [3.8, 4) is 0 Å². The summed E-state index contributed by atoms with van der Waals surface area (Å²) in [6, 6.07) is 13.2. The average molecular weight is 333 g/mol. The van der Waals surface area contributed by atoms with Gasteiger partial charge >= 0.3 is 0 Å². The Labute approximate surface area is 143 Å². The highest BCUT2D eigenvalue weighted by molar-refractivity contribution is 7.80. The molecule has 0 aliphatic carbocycles. The number of hydrogen-bond donors (Lipinski definition) is 2. The first kappa shape index (κ1) is 17.0. The summed E-state index contributed by atoms with van der Waals surface area (Å²) in [5.41, 5.74) is 2.64. The van der Waals surface area contributed by atoms with Crippen molar-refractivity contribution in [2.24, 2.45) is 0 Å². The van der Waals surface area contributed by atoms with E-state index < -0.39 is 0 Å². The van der Waals surface area contributed by atoms with Crippen molar-refractivity contribution in [2.45, 2.75) is 39.2 Å². The monoisotopic (exact) mass is 332 g/mol. The summed E-state index contributed by atoms with van der Waals surface area (Å²) < 4.78 is 0. The maximum Gasteiger partial charge on any atom is 0.167 e. The molecule has 0 aliphatic rings. The number of benzene rings is 1. The molecule has 2 rings (SSSR count). The molecule has 0 spiro atoms. The van der Waals surface area contributed by atoms with Crippen molar-refractivity contribution in [3.63, 3.8) is 0 Å². The van der Waals surface area contributed by atoms with E-state index in [1.807, 2.05) is 0 Å². The Hall–Kier alpha value is -1.39. The molecule has 4 heteroatoms. The standard InChI is InChI=1S/C18H24N2S2/c1-3-6-14-8-10-15(11-9-14)17(16-7-5-13-22-16)20-18(21)19-12-4-2/h5,7-11,13,17H,3-4,6,12H2,1-2H3,(H2,19,20,21)/t17-/m0/s1. The summed E-state index contributed by atoms with van der Waals surface area (Å²) in [5.74, 6) is 0. The van der Waals surface area contributed by atoms with E-state index in [1.165, 1.54) is 22.4 Å². The molecule has 0 unspecified atom stereocenters. The molecule has 1 aromatic carbocycles. The van der Waals surface area contributed by atoms with Gasteiger partial charge in [0.25, 0.3) is 0 Å². The molecule has 118 valence electrons. The Kier molecular flexibility index (Phi) is 6.87. The van der Waals surface area contributed by atoms with Crippen LogP contribution in [0, 0.1) is 0 Å². The minimum absolute atomic E-state index is 0.118. The predicted molar refractivity (Wildman–Crippen MR) is 101 cm³/mol. The second-order valence-electron chi connectivity index (χ2n) is 5.34. The first-order valence-corrected chi connectivity index (χ1v) is 9.20. The highest BCUT2D eigenvalue weighted by atomic mass is 32.1. The molecule has 1 heterocycles. The number of nitrogens with one attached hydrogen (secondary N) is 2. The zero-order valence-corrected chi connectivity index (χ0v) is 14.9. The van der Waals surface area contributed by atoms with E-state index >= 15 is 0 Å². The lowest BCUT2D eigenvalue weighted by molar-refractivity contribution is 0.738. The second kappa shape index (κ2) is 8.91. The molecule has 0 radical (unpaired) electrons. The van der Waals surface area contributed by atoms with Crippen molar-refractivity contribution in [3.05, 3.63) is 57.8 Å². The Balaban J connectivity index is 2.15. The summed E-state index contributed by atoms with van der Waals surface area (Å²) in [6.45, 7) is 5.25. The Morgan fingerprint density at radius 2 is 1.91 bits per heavy atom. The minimum Gasteiger partial charge on any atom is -0.363 e. The molecule has 0 bridgehead atoms. The van der Waals surface area contributed by atoms with Crippen LogP contribution >= 0.6 is 23.6 Å². The lowest BCUT2D eigenvalue weighted by atomic mass is 10.0. The second-order valence-corrected chi connectivity index (χ2v) is 6.73. The van der Waals surface area contributed by atoms with E-state index in [-0.39, 0.29) is 6.04 Å². The molecular weight excluding hydrogens is 308 g/mol. The van der Waals surface area contributed by atoms with Crippen LogP contribution in [0.15, 0.2) is 41.8 Å². The summed E-state index contributed by atoms with van der Waals surface area (Å²) in [7, 11) is 0. The van der Waals surface area contributed by atoms with Crippen LogP contribution in [0.3, 0.4) is 0 Å². The number of rotatable bonds is 7. The van der Waals surface area contributed by atoms with Gasteiger partial charge in [0.1, 0.15) is 0 Å². The van der Waals surface area contributed by atoms with Gasteiger partial charge in [0.2, 0.25) is 0 Å². The van der Waals surface area contributed by atoms with E-state index in [0.717, 1.165) is 24.5 Å². The minimum atomic E-state index is 0.118. The highest BCUT2D eigenvalue weighted by Gasteiger charge is 2.16. The fraction of sp³-hybridized carbons (Fsp3) is 0.389. The highest BCUT2D eigenvalue weighted by Crippen LogP contribution is 2.26. The van der Waals surface area contributed by atoms with Crippen molar-refractivity contribution in [1.29, 1.82) is 0 Å². The fourth-order valence-corrected chi connectivity index (χ4v) is 3.38. The van der Waals surface area contributed by atoms with Gasteiger partial charge in [-0.2, -0.15) is 0 Å². The molecule has 0 fully saturated rings. The van der Waals surface area contributed by atoms with Crippen molar-refractivity contribution >= 4 is 28.7 Å². The van der Waals surface area contributed by atoms with Gasteiger partial charge in [-0.1, -0.05) is 50.6 Å². The maximum absolute atomic E-state index is 5.42. The maximum atomic E-state index is 5.42. The van der Waals surface area contributed by atoms with Gasteiger partial charge in [-0.25, -0.2) is 0 Å². The van der Waals surface area contributed by atoms with E-state index in [2.05, 4.69) is 66.3 Å². The molecule has 2 nitrogen and oxygen atoms in total. The van der Waals surface area contributed by atoms with Crippen LogP contribution in [0.2, 0.25) is 0 Å². The molecule has 0 aliphatic heterocycles. The van der Waals surface area contributed by atoms with Crippen molar-refractivity contribution < 1.29 is 0 Å². The predicted octanol–water partition coefficient (Wildman–Crippen LogP) is 4.66. The van der Waals surface area contributed by atoms with Crippen molar-refractivity contribution in [2.75, 3.05) is 6.54 Å².